The van der Waals surface area contributed by atoms with E-state index >= 15 is 0 Å². The van der Waals surface area contributed by atoms with Crippen LogP contribution in [0.5, 0.6) is 0 Å². The highest BCUT2D eigenvalue weighted by Gasteiger charge is 2.18. The van der Waals surface area contributed by atoms with Crippen molar-refractivity contribution in [2.24, 2.45) is 4.99 Å². The maximum atomic E-state index is 4.51. The molecule has 0 bridgehead atoms. The first-order chi connectivity index (χ1) is 13.1. The zero-order valence-corrected chi connectivity index (χ0v) is 18.1. The molecular weight excluding hydrogens is 356 g/mol. The molecule has 0 fully saturated rings. The van der Waals surface area contributed by atoms with Crippen LogP contribution in [0.3, 0.4) is 0 Å². The molecule has 0 aliphatic carbocycles. The summed E-state index contributed by atoms with van der Waals surface area (Å²) in [6.07, 6.45) is 1.01. The lowest BCUT2D eigenvalue weighted by Gasteiger charge is -2.30. The fraction of sp³-hybridized carbons (Fsp3) is 0.600. The fourth-order valence-corrected chi connectivity index (χ4v) is 4.04. The third-order valence-corrected chi connectivity index (χ3v) is 5.51. The summed E-state index contributed by atoms with van der Waals surface area (Å²) in [5, 5.41) is 15.8. The minimum absolute atomic E-state index is 0.361. The predicted molar refractivity (Wildman–Crippen MR) is 116 cm³/mol. The molecule has 2 aromatic heterocycles. The zero-order chi connectivity index (χ0) is 19.6. The Labute approximate surface area is 167 Å². The number of nitrogens with one attached hydrogen (secondary N) is 2. The van der Waals surface area contributed by atoms with Crippen LogP contribution in [0.25, 0.3) is 0 Å². The van der Waals surface area contributed by atoms with Crippen molar-refractivity contribution in [1.29, 1.82) is 0 Å². The maximum Gasteiger partial charge on any atom is 0.191 e. The second-order valence-corrected chi connectivity index (χ2v) is 7.46. The molecule has 1 unspecified atom stereocenters. The molecule has 27 heavy (non-hydrogen) atoms. The third-order valence-electron chi connectivity index (χ3n) is 4.81. The van der Waals surface area contributed by atoms with Crippen LogP contribution < -0.4 is 10.6 Å². The minimum Gasteiger partial charge on any atom is -0.356 e. The first kappa shape index (κ1) is 21.4. The van der Waals surface area contributed by atoms with Gasteiger partial charge < -0.3 is 10.6 Å². The van der Waals surface area contributed by atoms with Crippen molar-refractivity contribution in [2.45, 2.75) is 46.7 Å². The van der Waals surface area contributed by atoms with Crippen molar-refractivity contribution in [3.63, 3.8) is 0 Å². The van der Waals surface area contributed by atoms with E-state index in [2.05, 4.69) is 74.0 Å². The molecular formula is C20H34N6S. The Balaban J connectivity index is 1.81. The number of likely N-dealkylation sites (N-methyl/N-ethyl adjacent to an activating group) is 1. The van der Waals surface area contributed by atoms with Gasteiger partial charge in [-0.3, -0.25) is 14.6 Å². The number of rotatable bonds is 10. The van der Waals surface area contributed by atoms with Crippen LogP contribution in [0.2, 0.25) is 0 Å². The van der Waals surface area contributed by atoms with Crippen LogP contribution in [0, 0.1) is 13.8 Å². The van der Waals surface area contributed by atoms with Crippen LogP contribution in [0.4, 0.5) is 0 Å². The van der Waals surface area contributed by atoms with Gasteiger partial charge in [-0.1, -0.05) is 13.8 Å². The molecule has 0 amide bonds. The smallest absolute Gasteiger partial charge is 0.191 e. The molecule has 0 aliphatic heterocycles. The van der Waals surface area contributed by atoms with Crippen molar-refractivity contribution >= 4 is 17.3 Å². The third kappa shape index (κ3) is 6.36. The quantitative estimate of drug-likeness (QED) is 0.372. The van der Waals surface area contributed by atoms with Gasteiger partial charge in [0.2, 0.25) is 0 Å². The highest BCUT2D eigenvalue weighted by Crippen LogP contribution is 2.22. The molecule has 0 spiro atoms. The maximum absolute atomic E-state index is 4.51. The number of hydrogen-bond acceptors (Lipinski definition) is 4. The Bertz CT molecular complexity index is 687. The van der Waals surface area contributed by atoms with Crippen molar-refractivity contribution in [3.05, 3.63) is 39.8 Å². The lowest BCUT2D eigenvalue weighted by atomic mass is 10.1. The van der Waals surface area contributed by atoms with Gasteiger partial charge in [-0.05, 0) is 61.8 Å². The fourth-order valence-electron chi connectivity index (χ4n) is 3.34. The summed E-state index contributed by atoms with van der Waals surface area (Å²) in [6, 6.07) is 4.70. The first-order valence-corrected chi connectivity index (χ1v) is 10.7. The standard InChI is InChI=1S/C20H34N6S/c1-6-25(7-2)19(18-9-12-27-15-18)14-23-20(21-5)22-10-8-11-26-17(4)13-16(3)24-26/h9,12-13,15,19H,6-8,10-11,14H2,1-5H3,(H2,21,22,23). The number of thiophene rings is 1. The first-order valence-electron chi connectivity index (χ1n) is 9.80. The van der Waals surface area contributed by atoms with Crippen LogP contribution >= 0.6 is 11.3 Å². The predicted octanol–water partition coefficient (Wildman–Crippen LogP) is 3.20. The van der Waals surface area contributed by atoms with E-state index in [1.165, 1.54) is 11.3 Å². The van der Waals surface area contributed by atoms with Crippen molar-refractivity contribution in [2.75, 3.05) is 33.2 Å². The molecule has 0 aliphatic rings. The van der Waals surface area contributed by atoms with E-state index in [9.17, 15) is 0 Å². The van der Waals surface area contributed by atoms with Gasteiger partial charge >= 0.3 is 0 Å². The lowest BCUT2D eigenvalue weighted by Crippen LogP contribution is -2.43. The Kier molecular flexibility index (Phi) is 8.81. The number of aromatic nitrogens is 2. The average molecular weight is 391 g/mol. The summed E-state index contributed by atoms with van der Waals surface area (Å²) < 4.78 is 2.07. The van der Waals surface area contributed by atoms with Crippen LogP contribution in [0.15, 0.2) is 27.9 Å². The summed E-state index contributed by atoms with van der Waals surface area (Å²) in [5.41, 5.74) is 3.66. The van der Waals surface area contributed by atoms with Gasteiger partial charge in [0.15, 0.2) is 5.96 Å². The van der Waals surface area contributed by atoms with Crippen molar-refractivity contribution < 1.29 is 0 Å². The number of guanidine groups is 1. The van der Waals surface area contributed by atoms with Gasteiger partial charge in [-0.2, -0.15) is 16.4 Å². The molecule has 0 saturated heterocycles. The van der Waals surface area contributed by atoms with E-state index in [-0.39, 0.29) is 0 Å². The number of aryl methyl sites for hydroxylation is 3. The summed E-state index contributed by atoms with van der Waals surface area (Å²) in [7, 11) is 1.83. The molecule has 2 aromatic rings. The second kappa shape index (κ2) is 11.1. The summed E-state index contributed by atoms with van der Waals surface area (Å²) in [6.45, 7) is 13.3. The summed E-state index contributed by atoms with van der Waals surface area (Å²) in [4.78, 5) is 6.85. The lowest BCUT2D eigenvalue weighted by molar-refractivity contribution is 0.219. The van der Waals surface area contributed by atoms with E-state index in [1.807, 2.05) is 14.0 Å². The molecule has 7 heteroatoms. The highest BCUT2D eigenvalue weighted by molar-refractivity contribution is 7.07. The summed E-state index contributed by atoms with van der Waals surface area (Å²) in [5.74, 6) is 0.857. The molecule has 1 atom stereocenters. The Morgan fingerprint density at radius 2 is 2.07 bits per heavy atom. The van der Waals surface area contributed by atoms with E-state index in [0.29, 0.717) is 6.04 Å². The zero-order valence-electron chi connectivity index (χ0n) is 17.3. The van der Waals surface area contributed by atoms with E-state index in [4.69, 9.17) is 0 Å². The second-order valence-electron chi connectivity index (χ2n) is 6.68. The van der Waals surface area contributed by atoms with Crippen LogP contribution in [-0.2, 0) is 6.54 Å². The Morgan fingerprint density at radius 1 is 1.30 bits per heavy atom. The van der Waals surface area contributed by atoms with Gasteiger partial charge in [-0.15, -0.1) is 0 Å². The normalized spacial score (nSPS) is 13.2. The molecule has 0 saturated carbocycles. The minimum atomic E-state index is 0.361. The largest absolute Gasteiger partial charge is 0.356 e. The molecule has 6 nitrogen and oxygen atoms in total. The molecule has 2 heterocycles. The Hall–Kier alpha value is -1.86. The van der Waals surface area contributed by atoms with Crippen molar-refractivity contribution in [1.82, 2.24) is 25.3 Å². The molecule has 2 rings (SSSR count). The van der Waals surface area contributed by atoms with E-state index in [0.717, 1.165) is 50.8 Å². The number of aliphatic imine (C=N–C) groups is 1. The highest BCUT2D eigenvalue weighted by atomic mass is 32.1. The van der Waals surface area contributed by atoms with Gasteiger partial charge in [0.1, 0.15) is 0 Å². The number of nitrogens with zero attached hydrogens (tertiary/aromatic N) is 4. The van der Waals surface area contributed by atoms with E-state index in [1.54, 1.807) is 11.3 Å². The summed E-state index contributed by atoms with van der Waals surface area (Å²) >= 11 is 1.76. The van der Waals surface area contributed by atoms with Crippen LogP contribution in [-0.4, -0.2) is 53.9 Å². The molecule has 0 radical (unpaired) electrons. The SMILES string of the molecule is CCN(CC)C(CNC(=NC)NCCCn1nc(C)cc1C)c1ccsc1. The number of hydrogen-bond donors (Lipinski definition) is 2. The molecule has 0 aromatic carbocycles. The van der Waals surface area contributed by atoms with Crippen molar-refractivity contribution in [3.8, 4) is 0 Å². The van der Waals surface area contributed by atoms with E-state index < -0.39 is 0 Å². The monoisotopic (exact) mass is 390 g/mol. The van der Waals surface area contributed by atoms with Gasteiger partial charge in [-0.25, -0.2) is 0 Å². The average Bonchev–Trinajstić information content (AvgIpc) is 3.29. The topological polar surface area (TPSA) is 57.5 Å². The molecule has 2 N–H and O–H groups in total. The van der Waals surface area contributed by atoms with Gasteiger partial charge in [0, 0.05) is 32.4 Å². The van der Waals surface area contributed by atoms with Gasteiger partial charge in [0.25, 0.3) is 0 Å². The van der Waals surface area contributed by atoms with Gasteiger partial charge in [0.05, 0.1) is 11.7 Å². The Morgan fingerprint density at radius 3 is 2.63 bits per heavy atom. The van der Waals surface area contributed by atoms with Crippen LogP contribution in [0.1, 0.15) is 43.3 Å². The molecule has 150 valence electrons.